The van der Waals surface area contributed by atoms with Gasteiger partial charge in [0.05, 0.1) is 5.56 Å². The van der Waals surface area contributed by atoms with Gasteiger partial charge in [-0.15, -0.1) is 0 Å². The lowest BCUT2D eigenvalue weighted by Crippen LogP contribution is -2.14. The number of halogens is 2. The van der Waals surface area contributed by atoms with E-state index in [1.807, 2.05) is 6.92 Å². The molecule has 0 aliphatic carbocycles. The van der Waals surface area contributed by atoms with Crippen LogP contribution in [-0.2, 0) is 0 Å². The minimum absolute atomic E-state index is 0.0550. The summed E-state index contributed by atoms with van der Waals surface area (Å²) in [5, 5.41) is 2.88. The summed E-state index contributed by atoms with van der Waals surface area (Å²) in [6.07, 6.45) is 0. The van der Waals surface area contributed by atoms with Crippen molar-refractivity contribution in [1.29, 1.82) is 0 Å². The van der Waals surface area contributed by atoms with Crippen molar-refractivity contribution in [2.24, 2.45) is 0 Å². The molecule has 0 unspecified atom stereocenters. The lowest BCUT2D eigenvalue weighted by Gasteiger charge is -2.09. The summed E-state index contributed by atoms with van der Waals surface area (Å²) in [7, 11) is 0. The van der Waals surface area contributed by atoms with Gasteiger partial charge in [-0.3, -0.25) is 4.79 Å². The molecule has 5 heteroatoms. The van der Waals surface area contributed by atoms with Crippen LogP contribution in [0.1, 0.15) is 15.9 Å². The molecule has 0 radical (unpaired) electrons. The van der Waals surface area contributed by atoms with Gasteiger partial charge in [0.15, 0.2) is 0 Å². The van der Waals surface area contributed by atoms with E-state index in [0.717, 1.165) is 11.6 Å². The van der Waals surface area contributed by atoms with Crippen molar-refractivity contribution in [2.45, 2.75) is 6.92 Å². The van der Waals surface area contributed by atoms with Crippen LogP contribution in [-0.4, -0.2) is 5.91 Å². The van der Waals surface area contributed by atoms with Gasteiger partial charge in [-0.05, 0) is 48.9 Å². The number of hydrogen-bond acceptors (Lipinski definition) is 2. The molecule has 98 valence electrons. The van der Waals surface area contributed by atoms with Crippen molar-refractivity contribution in [3.63, 3.8) is 0 Å². The minimum Gasteiger partial charge on any atom is -0.399 e. The Morgan fingerprint density at radius 2 is 2.00 bits per heavy atom. The predicted molar refractivity (Wildman–Crippen MR) is 75.0 cm³/mol. The number of benzene rings is 2. The summed E-state index contributed by atoms with van der Waals surface area (Å²) < 4.78 is 13.6. The maximum Gasteiger partial charge on any atom is 0.258 e. The van der Waals surface area contributed by atoms with Crippen LogP contribution in [0.2, 0.25) is 5.02 Å². The molecule has 2 aromatic carbocycles. The van der Waals surface area contributed by atoms with Gasteiger partial charge < -0.3 is 11.1 Å². The summed E-state index contributed by atoms with van der Waals surface area (Å²) in [5.74, 6) is -1.18. The van der Waals surface area contributed by atoms with Gasteiger partial charge in [-0.25, -0.2) is 4.39 Å². The molecular weight excluding hydrogens is 267 g/mol. The van der Waals surface area contributed by atoms with Gasteiger partial charge in [-0.2, -0.15) is 0 Å². The highest BCUT2D eigenvalue weighted by Gasteiger charge is 2.13. The molecule has 0 aliphatic rings. The average molecular weight is 279 g/mol. The van der Waals surface area contributed by atoms with Gasteiger partial charge in [0.2, 0.25) is 0 Å². The van der Waals surface area contributed by atoms with Gasteiger partial charge in [-0.1, -0.05) is 11.6 Å². The zero-order valence-corrected chi connectivity index (χ0v) is 11.0. The number of nitrogens with one attached hydrogen (secondary N) is 1. The van der Waals surface area contributed by atoms with Gasteiger partial charge in [0.1, 0.15) is 5.82 Å². The van der Waals surface area contributed by atoms with E-state index >= 15 is 0 Å². The summed E-state index contributed by atoms with van der Waals surface area (Å²) >= 11 is 5.64. The van der Waals surface area contributed by atoms with Gasteiger partial charge >= 0.3 is 0 Å². The molecule has 3 N–H and O–H groups in total. The minimum atomic E-state index is -0.655. The zero-order chi connectivity index (χ0) is 14.0. The monoisotopic (exact) mass is 278 g/mol. The first-order valence-corrected chi connectivity index (χ1v) is 5.97. The van der Waals surface area contributed by atoms with Crippen LogP contribution in [0.4, 0.5) is 15.8 Å². The topological polar surface area (TPSA) is 55.1 Å². The molecule has 0 saturated heterocycles. The average Bonchev–Trinajstić information content (AvgIpc) is 2.32. The summed E-state index contributed by atoms with van der Waals surface area (Å²) in [6.45, 7) is 1.81. The van der Waals surface area contributed by atoms with Crippen LogP contribution < -0.4 is 11.1 Å². The number of nitrogen functional groups attached to an aromatic ring is 1. The first-order valence-electron chi connectivity index (χ1n) is 5.60. The Morgan fingerprint density at radius 3 is 2.63 bits per heavy atom. The van der Waals surface area contributed by atoms with E-state index in [1.165, 1.54) is 12.1 Å². The number of hydrogen-bond donors (Lipinski definition) is 2. The molecule has 0 saturated carbocycles. The first-order chi connectivity index (χ1) is 8.97. The normalized spacial score (nSPS) is 10.3. The van der Waals surface area contributed by atoms with Crippen molar-refractivity contribution < 1.29 is 9.18 Å². The van der Waals surface area contributed by atoms with Crippen molar-refractivity contribution in [3.05, 3.63) is 58.4 Å². The van der Waals surface area contributed by atoms with Gasteiger partial charge in [0, 0.05) is 16.4 Å². The Balaban J connectivity index is 2.25. The third kappa shape index (κ3) is 3.03. The molecule has 0 bridgehead atoms. The number of anilines is 2. The highest BCUT2D eigenvalue weighted by molar-refractivity contribution is 6.30. The predicted octanol–water partition coefficient (Wildman–Crippen LogP) is 3.62. The molecule has 3 nitrogen and oxygen atoms in total. The van der Waals surface area contributed by atoms with Crippen LogP contribution in [0.5, 0.6) is 0 Å². The van der Waals surface area contributed by atoms with E-state index in [9.17, 15) is 9.18 Å². The Hall–Kier alpha value is -2.07. The molecule has 0 aromatic heterocycles. The summed E-state index contributed by atoms with van der Waals surface area (Å²) in [4.78, 5) is 12.0. The maximum atomic E-state index is 13.6. The highest BCUT2D eigenvalue weighted by Crippen LogP contribution is 2.20. The van der Waals surface area contributed by atoms with Crippen LogP contribution in [0.3, 0.4) is 0 Å². The molecule has 2 aromatic rings. The Bertz CT molecular complexity index is 643. The van der Waals surface area contributed by atoms with Crippen molar-refractivity contribution >= 4 is 28.9 Å². The van der Waals surface area contributed by atoms with Crippen molar-refractivity contribution in [2.75, 3.05) is 11.1 Å². The van der Waals surface area contributed by atoms with E-state index in [2.05, 4.69) is 5.32 Å². The van der Waals surface area contributed by atoms with Crippen molar-refractivity contribution in [3.8, 4) is 0 Å². The second kappa shape index (κ2) is 5.28. The number of aryl methyl sites for hydroxylation is 1. The van der Waals surface area contributed by atoms with E-state index < -0.39 is 11.7 Å². The second-order valence-electron chi connectivity index (χ2n) is 4.15. The maximum absolute atomic E-state index is 13.6. The largest absolute Gasteiger partial charge is 0.399 e. The van der Waals surface area contributed by atoms with Crippen LogP contribution in [0.15, 0.2) is 36.4 Å². The number of carbonyl (C=O) groups is 1. The molecular formula is C14H12ClFN2O. The highest BCUT2D eigenvalue weighted by atomic mass is 35.5. The zero-order valence-electron chi connectivity index (χ0n) is 10.2. The Morgan fingerprint density at radius 1 is 1.26 bits per heavy atom. The fourth-order valence-corrected chi connectivity index (χ4v) is 1.85. The fourth-order valence-electron chi connectivity index (χ4n) is 1.69. The van der Waals surface area contributed by atoms with E-state index in [4.69, 9.17) is 17.3 Å². The SMILES string of the molecule is Cc1cc(N)ccc1NC(=O)c1ccc(Cl)cc1F. The van der Waals surface area contributed by atoms with E-state index in [1.54, 1.807) is 18.2 Å². The third-order valence-electron chi connectivity index (χ3n) is 2.67. The second-order valence-corrected chi connectivity index (χ2v) is 4.59. The van der Waals surface area contributed by atoms with E-state index in [0.29, 0.717) is 11.4 Å². The summed E-state index contributed by atoms with van der Waals surface area (Å²) in [5.41, 5.74) is 7.57. The van der Waals surface area contributed by atoms with Crippen LogP contribution in [0.25, 0.3) is 0 Å². The molecule has 1 amide bonds. The summed E-state index contributed by atoms with van der Waals surface area (Å²) in [6, 6.07) is 8.99. The van der Waals surface area contributed by atoms with Crippen LogP contribution >= 0.6 is 11.6 Å². The first kappa shape index (κ1) is 13.4. The Kier molecular flexibility index (Phi) is 3.71. The van der Waals surface area contributed by atoms with Crippen molar-refractivity contribution in [1.82, 2.24) is 0 Å². The number of nitrogens with two attached hydrogens (primary N) is 1. The standard InChI is InChI=1S/C14H12ClFN2O/c1-8-6-10(17)3-5-13(8)18-14(19)11-4-2-9(15)7-12(11)16/h2-7H,17H2,1H3,(H,18,19). The van der Waals surface area contributed by atoms with Gasteiger partial charge in [0.25, 0.3) is 5.91 Å². The number of rotatable bonds is 2. The number of carbonyl (C=O) groups excluding carboxylic acids is 1. The molecule has 0 heterocycles. The van der Waals surface area contributed by atoms with E-state index in [-0.39, 0.29) is 10.6 Å². The smallest absolute Gasteiger partial charge is 0.258 e. The molecule has 19 heavy (non-hydrogen) atoms. The van der Waals surface area contributed by atoms with Crippen LogP contribution in [0, 0.1) is 12.7 Å². The molecule has 0 aliphatic heterocycles. The fraction of sp³-hybridized carbons (Fsp3) is 0.0714. The quantitative estimate of drug-likeness (QED) is 0.824. The number of amides is 1. The molecule has 0 spiro atoms. The lowest BCUT2D eigenvalue weighted by molar-refractivity contribution is 0.102. The Labute approximate surface area is 115 Å². The molecule has 0 atom stereocenters. The molecule has 2 rings (SSSR count). The lowest BCUT2D eigenvalue weighted by atomic mass is 10.1. The molecule has 0 fully saturated rings. The third-order valence-corrected chi connectivity index (χ3v) is 2.91.